The average molecular weight is 291 g/mol. The van der Waals surface area contributed by atoms with Gasteiger partial charge in [0.05, 0.1) is 11.5 Å². The monoisotopic (exact) mass is 291 g/mol. The number of sulfonamides is 1. The molecule has 0 heterocycles. The van der Waals surface area contributed by atoms with E-state index in [2.05, 4.69) is 4.72 Å². The fraction of sp³-hybridized carbons (Fsp3) is 0.200. The maximum atomic E-state index is 12.2. The molecule has 0 aliphatic heterocycles. The van der Waals surface area contributed by atoms with Crippen molar-refractivity contribution in [1.82, 2.24) is 4.72 Å². The first-order valence-electron chi connectivity index (χ1n) is 6.34. The predicted octanol–water partition coefficient (Wildman–Crippen LogP) is 1.57. The molecular weight excluding hydrogens is 274 g/mol. The zero-order valence-corrected chi connectivity index (χ0v) is 11.8. The molecule has 0 saturated heterocycles. The highest BCUT2D eigenvalue weighted by Crippen LogP contribution is 2.10. The van der Waals surface area contributed by atoms with Gasteiger partial charge in [-0.25, -0.2) is 13.1 Å². The van der Waals surface area contributed by atoms with Crippen LogP contribution in [0.25, 0.3) is 0 Å². The number of benzene rings is 2. The van der Waals surface area contributed by atoms with E-state index in [1.165, 1.54) is 12.1 Å². The summed E-state index contributed by atoms with van der Waals surface area (Å²) in [6.45, 7) is -0.249. The van der Waals surface area contributed by atoms with Gasteiger partial charge in [0.1, 0.15) is 0 Å². The first kappa shape index (κ1) is 14.7. The van der Waals surface area contributed by atoms with Gasteiger partial charge in [-0.2, -0.15) is 0 Å². The van der Waals surface area contributed by atoms with Crippen LogP contribution in [0.4, 0.5) is 0 Å². The predicted molar refractivity (Wildman–Crippen MR) is 77.8 cm³/mol. The van der Waals surface area contributed by atoms with Crippen LogP contribution in [0.15, 0.2) is 65.6 Å². The number of nitrogens with one attached hydrogen (secondary N) is 1. The summed E-state index contributed by atoms with van der Waals surface area (Å²) in [5, 5.41) is 9.37. The van der Waals surface area contributed by atoms with E-state index in [9.17, 15) is 13.5 Å². The van der Waals surface area contributed by atoms with Gasteiger partial charge in [0, 0.05) is 6.04 Å². The van der Waals surface area contributed by atoms with Crippen molar-refractivity contribution in [3.05, 3.63) is 66.2 Å². The van der Waals surface area contributed by atoms with Gasteiger partial charge in [-0.3, -0.25) is 0 Å². The Balaban J connectivity index is 2.10. The van der Waals surface area contributed by atoms with E-state index in [-0.39, 0.29) is 11.5 Å². The highest BCUT2D eigenvalue weighted by atomic mass is 32.2. The van der Waals surface area contributed by atoms with Crippen LogP contribution < -0.4 is 4.72 Å². The third-order valence-electron chi connectivity index (χ3n) is 2.92. The van der Waals surface area contributed by atoms with Crippen LogP contribution in [-0.4, -0.2) is 26.2 Å². The summed E-state index contributed by atoms with van der Waals surface area (Å²) in [5.41, 5.74) is 0.974. The summed E-state index contributed by atoms with van der Waals surface area (Å²) in [5.74, 6) is 0. The Labute approximate surface area is 119 Å². The molecule has 2 aromatic carbocycles. The van der Waals surface area contributed by atoms with Crippen LogP contribution in [-0.2, 0) is 16.4 Å². The molecule has 1 unspecified atom stereocenters. The molecule has 2 rings (SSSR count). The molecule has 0 amide bonds. The second-order valence-corrected chi connectivity index (χ2v) is 6.22. The van der Waals surface area contributed by atoms with E-state index < -0.39 is 16.1 Å². The van der Waals surface area contributed by atoms with Crippen molar-refractivity contribution >= 4 is 10.0 Å². The topological polar surface area (TPSA) is 66.4 Å². The molecule has 0 spiro atoms. The maximum absolute atomic E-state index is 12.2. The van der Waals surface area contributed by atoms with Crippen molar-refractivity contribution in [1.29, 1.82) is 0 Å². The third kappa shape index (κ3) is 3.90. The lowest BCUT2D eigenvalue weighted by Crippen LogP contribution is -2.39. The average Bonchev–Trinajstić information content (AvgIpc) is 2.48. The lowest BCUT2D eigenvalue weighted by Gasteiger charge is -2.16. The second-order valence-electron chi connectivity index (χ2n) is 4.50. The highest BCUT2D eigenvalue weighted by Gasteiger charge is 2.19. The van der Waals surface area contributed by atoms with Crippen molar-refractivity contribution in [2.45, 2.75) is 17.4 Å². The van der Waals surface area contributed by atoms with Crippen LogP contribution >= 0.6 is 0 Å². The zero-order chi connectivity index (χ0) is 14.4. The Kier molecular flexibility index (Phi) is 4.89. The largest absolute Gasteiger partial charge is 0.395 e. The Bertz CT molecular complexity index is 627. The van der Waals surface area contributed by atoms with Gasteiger partial charge in [0.2, 0.25) is 10.0 Å². The molecule has 4 nitrogen and oxygen atoms in total. The molecule has 2 N–H and O–H groups in total. The van der Waals surface area contributed by atoms with E-state index >= 15 is 0 Å². The third-order valence-corrected chi connectivity index (χ3v) is 4.46. The Morgan fingerprint density at radius 3 is 2.05 bits per heavy atom. The summed E-state index contributed by atoms with van der Waals surface area (Å²) in [7, 11) is -3.60. The van der Waals surface area contributed by atoms with E-state index in [1.54, 1.807) is 18.2 Å². The summed E-state index contributed by atoms with van der Waals surface area (Å²) in [4.78, 5) is 0.200. The minimum atomic E-state index is -3.60. The van der Waals surface area contributed by atoms with Crippen LogP contribution in [0.3, 0.4) is 0 Å². The van der Waals surface area contributed by atoms with Gasteiger partial charge in [0.25, 0.3) is 0 Å². The fourth-order valence-corrected chi connectivity index (χ4v) is 3.18. The minimum Gasteiger partial charge on any atom is -0.395 e. The van der Waals surface area contributed by atoms with Crippen molar-refractivity contribution in [3.63, 3.8) is 0 Å². The number of aliphatic hydroxyl groups is 1. The first-order chi connectivity index (χ1) is 9.62. The minimum absolute atomic E-state index is 0.200. The molecule has 0 aliphatic rings. The maximum Gasteiger partial charge on any atom is 0.240 e. The van der Waals surface area contributed by atoms with E-state index in [4.69, 9.17) is 0 Å². The number of hydrogen-bond acceptors (Lipinski definition) is 3. The summed E-state index contributed by atoms with van der Waals surface area (Å²) < 4.78 is 26.9. The van der Waals surface area contributed by atoms with Gasteiger partial charge in [0.15, 0.2) is 0 Å². The van der Waals surface area contributed by atoms with Gasteiger partial charge in [-0.1, -0.05) is 48.5 Å². The van der Waals surface area contributed by atoms with Gasteiger partial charge in [-0.05, 0) is 24.1 Å². The molecule has 0 aromatic heterocycles. The number of rotatable bonds is 6. The van der Waals surface area contributed by atoms with Gasteiger partial charge >= 0.3 is 0 Å². The molecule has 0 saturated carbocycles. The molecule has 20 heavy (non-hydrogen) atoms. The quantitative estimate of drug-likeness (QED) is 0.849. The van der Waals surface area contributed by atoms with Crippen LogP contribution in [0.1, 0.15) is 5.56 Å². The number of aliphatic hydroxyl groups excluding tert-OH is 1. The zero-order valence-electron chi connectivity index (χ0n) is 10.9. The van der Waals surface area contributed by atoms with Gasteiger partial charge in [-0.15, -0.1) is 0 Å². The smallest absolute Gasteiger partial charge is 0.240 e. The Morgan fingerprint density at radius 2 is 1.50 bits per heavy atom. The SMILES string of the molecule is O=S(=O)(NC(CO)Cc1ccccc1)c1ccccc1. The number of hydrogen-bond donors (Lipinski definition) is 2. The first-order valence-corrected chi connectivity index (χ1v) is 7.82. The molecule has 0 aliphatic carbocycles. The van der Waals surface area contributed by atoms with E-state index in [0.717, 1.165) is 5.56 Å². The molecule has 5 heteroatoms. The molecular formula is C15H17NO3S. The Hall–Kier alpha value is -1.69. The lowest BCUT2D eigenvalue weighted by atomic mass is 10.1. The molecule has 106 valence electrons. The van der Waals surface area contributed by atoms with Gasteiger partial charge < -0.3 is 5.11 Å². The summed E-state index contributed by atoms with van der Waals surface area (Å²) in [6.07, 6.45) is 0.448. The molecule has 0 bridgehead atoms. The summed E-state index contributed by atoms with van der Waals surface area (Å²) in [6, 6.07) is 17.1. The highest BCUT2D eigenvalue weighted by molar-refractivity contribution is 7.89. The molecule has 0 fully saturated rings. The van der Waals surface area contributed by atoms with E-state index in [1.807, 2.05) is 30.3 Å². The van der Waals surface area contributed by atoms with Crippen LogP contribution in [0.5, 0.6) is 0 Å². The van der Waals surface area contributed by atoms with Crippen LogP contribution in [0, 0.1) is 0 Å². The molecule has 0 radical (unpaired) electrons. The van der Waals surface area contributed by atoms with Crippen molar-refractivity contribution in [3.8, 4) is 0 Å². The van der Waals surface area contributed by atoms with Crippen LogP contribution in [0.2, 0.25) is 0 Å². The van der Waals surface area contributed by atoms with Crippen molar-refractivity contribution in [2.75, 3.05) is 6.61 Å². The molecule has 2 aromatic rings. The fourth-order valence-electron chi connectivity index (χ4n) is 1.93. The Morgan fingerprint density at radius 1 is 0.950 bits per heavy atom. The lowest BCUT2D eigenvalue weighted by molar-refractivity contribution is 0.256. The molecule has 1 atom stereocenters. The van der Waals surface area contributed by atoms with Crippen molar-refractivity contribution in [2.24, 2.45) is 0 Å². The van der Waals surface area contributed by atoms with Crippen molar-refractivity contribution < 1.29 is 13.5 Å². The van der Waals surface area contributed by atoms with E-state index in [0.29, 0.717) is 6.42 Å². The summed E-state index contributed by atoms with van der Waals surface area (Å²) >= 11 is 0. The normalized spacial score (nSPS) is 13.1. The second kappa shape index (κ2) is 6.65. The standard InChI is InChI=1S/C15H17NO3S/c17-12-14(11-13-7-3-1-4-8-13)16-20(18,19)15-9-5-2-6-10-15/h1-10,14,16-17H,11-12H2.